The van der Waals surface area contributed by atoms with Crippen LogP contribution in [0, 0.1) is 0 Å². The first-order chi connectivity index (χ1) is 5.15. The number of anilines is 1. The van der Waals surface area contributed by atoms with Crippen LogP contribution in [0.3, 0.4) is 0 Å². The fraction of sp³-hybridized carbons (Fsp3) is 0.333. The van der Waals surface area contributed by atoms with Crippen molar-refractivity contribution < 1.29 is 14.2 Å². The summed E-state index contributed by atoms with van der Waals surface area (Å²) in [4.78, 5) is 10.9. The minimum absolute atomic E-state index is 0.287. The number of H-pyrrole nitrogens is 1. The third-order valence-electron chi connectivity index (χ3n) is 1.30. The monoisotopic (exact) mass is 156 g/mol. The molecule has 11 heavy (non-hydrogen) atoms. The summed E-state index contributed by atoms with van der Waals surface area (Å²) in [5.41, 5.74) is 6.14. The zero-order valence-corrected chi connectivity index (χ0v) is 6.42. The van der Waals surface area contributed by atoms with Crippen LogP contribution in [0.1, 0.15) is 10.5 Å². The van der Waals surface area contributed by atoms with E-state index >= 15 is 0 Å². The number of carbonyl (C=O) groups is 1. The van der Waals surface area contributed by atoms with E-state index in [0.717, 1.165) is 0 Å². The van der Waals surface area contributed by atoms with E-state index in [2.05, 4.69) is 9.84 Å². The van der Waals surface area contributed by atoms with Gasteiger partial charge in [0.1, 0.15) is 5.69 Å². The standard InChI is InChI=1S/C6H9N3O2/c1-9-3-4(7)5(8-9)6(10)11-2/h3H,7H2,1-2H3/p+1. The Labute approximate surface area is 63.7 Å². The number of aromatic amines is 1. The van der Waals surface area contributed by atoms with Crippen LogP contribution in [0.4, 0.5) is 5.69 Å². The number of carbonyl (C=O) groups excluding carboxylic acids is 1. The van der Waals surface area contributed by atoms with Crippen molar-refractivity contribution in [2.75, 3.05) is 12.8 Å². The zero-order chi connectivity index (χ0) is 8.43. The Morgan fingerprint density at radius 2 is 2.45 bits per heavy atom. The molecule has 0 amide bonds. The van der Waals surface area contributed by atoms with E-state index < -0.39 is 5.97 Å². The molecule has 0 unspecified atom stereocenters. The van der Waals surface area contributed by atoms with E-state index in [1.54, 1.807) is 17.9 Å². The fourth-order valence-electron chi connectivity index (χ4n) is 0.812. The van der Waals surface area contributed by atoms with Crippen molar-refractivity contribution in [2.24, 2.45) is 7.05 Å². The number of methoxy groups -OCH3 is 1. The minimum atomic E-state index is -0.455. The average molecular weight is 156 g/mol. The first-order valence-corrected chi connectivity index (χ1v) is 3.07. The van der Waals surface area contributed by atoms with Crippen LogP contribution in [-0.4, -0.2) is 18.2 Å². The largest absolute Gasteiger partial charge is 0.464 e. The maximum absolute atomic E-state index is 10.9. The smallest absolute Gasteiger partial charge is 0.362 e. The molecule has 0 saturated heterocycles. The molecule has 0 spiro atoms. The van der Waals surface area contributed by atoms with E-state index in [9.17, 15) is 4.79 Å². The lowest BCUT2D eigenvalue weighted by atomic mass is 10.4. The number of hydrogen-bond acceptors (Lipinski definition) is 3. The Balaban J connectivity index is 3.03. The normalized spacial score (nSPS) is 9.64. The molecule has 0 aromatic carbocycles. The highest BCUT2D eigenvalue weighted by atomic mass is 16.5. The van der Waals surface area contributed by atoms with Crippen LogP contribution in [0.15, 0.2) is 6.20 Å². The summed E-state index contributed by atoms with van der Waals surface area (Å²) in [5.74, 6) is -0.455. The van der Waals surface area contributed by atoms with Gasteiger partial charge in [-0.05, 0) is 0 Å². The maximum atomic E-state index is 10.9. The minimum Gasteiger partial charge on any atom is -0.464 e. The van der Waals surface area contributed by atoms with Crippen LogP contribution >= 0.6 is 0 Å². The number of nitrogens with zero attached hydrogens (tertiary/aromatic N) is 1. The molecule has 5 heteroatoms. The lowest BCUT2D eigenvalue weighted by Gasteiger charge is -1.91. The summed E-state index contributed by atoms with van der Waals surface area (Å²) in [6.07, 6.45) is 1.60. The van der Waals surface area contributed by atoms with Crippen LogP contribution in [0.5, 0.6) is 0 Å². The average Bonchev–Trinajstić information content (AvgIpc) is 2.28. The lowest BCUT2D eigenvalue weighted by Crippen LogP contribution is -2.29. The number of nitrogen functional groups attached to an aromatic ring is 1. The highest BCUT2D eigenvalue weighted by Gasteiger charge is 2.16. The van der Waals surface area contributed by atoms with Gasteiger partial charge >= 0.3 is 5.97 Å². The van der Waals surface area contributed by atoms with E-state index in [1.165, 1.54) is 7.11 Å². The molecule has 1 aromatic heterocycles. The molecule has 0 fully saturated rings. The van der Waals surface area contributed by atoms with Crippen LogP contribution in [-0.2, 0) is 11.8 Å². The SMILES string of the molecule is COC(=O)c1[nH][n+](C)cc1N. The molecule has 0 radical (unpaired) electrons. The summed E-state index contributed by atoms with van der Waals surface area (Å²) >= 11 is 0. The quantitative estimate of drug-likeness (QED) is 0.413. The Kier molecular flexibility index (Phi) is 1.80. The second kappa shape index (κ2) is 2.61. The van der Waals surface area contributed by atoms with Crippen LogP contribution in [0.25, 0.3) is 0 Å². The highest BCUT2D eigenvalue weighted by Crippen LogP contribution is 2.04. The Morgan fingerprint density at radius 3 is 2.82 bits per heavy atom. The predicted octanol–water partition coefficient (Wildman–Crippen LogP) is -0.792. The number of aryl methyl sites for hydroxylation is 1. The fourth-order valence-corrected chi connectivity index (χ4v) is 0.812. The second-order valence-electron chi connectivity index (χ2n) is 2.17. The van der Waals surface area contributed by atoms with E-state index in [4.69, 9.17) is 5.73 Å². The first kappa shape index (κ1) is 7.59. The number of esters is 1. The van der Waals surface area contributed by atoms with Crippen molar-refractivity contribution in [1.82, 2.24) is 5.10 Å². The Hall–Kier alpha value is -1.52. The summed E-state index contributed by atoms with van der Waals surface area (Å²) < 4.78 is 6.05. The van der Waals surface area contributed by atoms with E-state index in [0.29, 0.717) is 5.69 Å². The summed E-state index contributed by atoms with van der Waals surface area (Å²) in [6.45, 7) is 0. The molecule has 60 valence electrons. The second-order valence-corrected chi connectivity index (χ2v) is 2.17. The van der Waals surface area contributed by atoms with Gasteiger partial charge in [0.25, 0.3) is 0 Å². The topological polar surface area (TPSA) is 72.0 Å². The number of aromatic nitrogens is 2. The molecule has 1 heterocycles. The molecule has 1 aromatic rings. The number of hydrogen-bond donors (Lipinski definition) is 2. The highest BCUT2D eigenvalue weighted by molar-refractivity contribution is 5.92. The lowest BCUT2D eigenvalue weighted by molar-refractivity contribution is -0.726. The Morgan fingerprint density at radius 1 is 1.82 bits per heavy atom. The molecule has 5 nitrogen and oxygen atoms in total. The van der Waals surface area contributed by atoms with Crippen molar-refractivity contribution in [3.05, 3.63) is 11.9 Å². The molecule has 0 atom stereocenters. The summed E-state index contributed by atoms with van der Waals surface area (Å²) in [6, 6.07) is 0. The van der Waals surface area contributed by atoms with E-state index in [1.807, 2.05) is 0 Å². The van der Waals surface area contributed by atoms with Crippen molar-refractivity contribution >= 4 is 11.7 Å². The molecule has 1 rings (SSSR count). The van der Waals surface area contributed by atoms with Crippen LogP contribution in [0.2, 0.25) is 0 Å². The molecule has 0 aliphatic heterocycles. The predicted molar refractivity (Wildman–Crippen MR) is 37.7 cm³/mol. The van der Waals surface area contributed by atoms with Gasteiger partial charge in [0.15, 0.2) is 7.05 Å². The van der Waals surface area contributed by atoms with Gasteiger partial charge in [-0.3, -0.25) is 0 Å². The molecule has 3 N–H and O–H groups in total. The molecule has 0 aliphatic carbocycles. The van der Waals surface area contributed by atoms with Crippen LogP contribution < -0.4 is 10.4 Å². The van der Waals surface area contributed by atoms with Gasteiger partial charge in [0.2, 0.25) is 11.9 Å². The van der Waals surface area contributed by atoms with Gasteiger partial charge in [-0.15, -0.1) is 4.68 Å². The van der Waals surface area contributed by atoms with Crippen molar-refractivity contribution in [2.45, 2.75) is 0 Å². The van der Waals surface area contributed by atoms with Crippen molar-refractivity contribution in [3.63, 3.8) is 0 Å². The number of ether oxygens (including phenoxy) is 1. The molecule has 0 bridgehead atoms. The maximum Gasteiger partial charge on any atom is 0.362 e. The van der Waals surface area contributed by atoms with Gasteiger partial charge in [0, 0.05) is 0 Å². The number of nitrogens with two attached hydrogens (primary N) is 1. The molecule has 0 aliphatic rings. The van der Waals surface area contributed by atoms with Gasteiger partial charge in [-0.2, -0.15) is 5.10 Å². The molecular formula is C6H10N3O2+. The van der Waals surface area contributed by atoms with Gasteiger partial charge < -0.3 is 10.5 Å². The third kappa shape index (κ3) is 1.31. The molecule has 0 saturated carbocycles. The van der Waals surface area contributed by atoms with Gasteiger partial charge in [-0.1, -0.05) is 0 Å². The summed E-state index contributed by atoms with van der Waals surface area (Å²) in [5, 5.41) is 2.71. The number of rotatable bonds is 1. The van der Waals surface area contributed by atoms with Crippen molar-refractivity contribution in [3.8, 4) is 0 Å². The molecular weight excluding hydrogens is 146 g/mol. The first-order valence-electron chi connectivity index (χ1n) is 3.07. The number of nitrogens with one attached hydrogen (secondary N) is 1. The zero-order valence-electron chi connectivity index (χ0n) is 6.42. The van der Waals surface area contributed by atoms with Gasteiger partial charge in [-0.25, -0.2) is 4.79 Å². The summed E-state index contributed by atoms with van der Waals surface area (Å²) in [7, 11) is 3.05. The van der Waals surface area contributed by atoms with Crippen molar-refractivity contribution in [1.29, 1.82) is 0 Å². The third-order valence-corrected chi connectivity index (χ3v) is 1.30. The van der Waals surface area contributed by atoms with E-state index in [-0.39, 0.29) is 5.69 Å². The van der Waals surface area contributed by atoms with Gasteiger partial charge in [0.05, 0.1) is 7.11 Å². The Bertz CT molecular complexity index is 279.